The van der Waals surface area contributed by atoms with E-state index in [2.05, 4.69) is 20.8 Å². The molecular formula is C17H22ClF3N6O2. The molecule has 0 spiro atoms. The van der Waals surface area contributed by atoms with E-state index in [-0.39, 0.29) is 23.0 Å². The third-order valence-electron chi connectivity index (χ3n) is 3.94. The molecule has 0 atom stereocenters. The van der Waals surface area contributed by atoms with Gasteiger partial charge >= 0.3 is 6.18 Å². The Morgan fingerprint density at radius 1 is 1.28 bits per heavy atom. The van der Waals surface area contributed by atoms with Crippen LogP contribution in [0.15, 0.2) is 6.20 Å². The normalized spacial score (nSPS) is 11.8. The Labute approximate surface area is 170 Å². The molecule has 2 heterocycles. The Balaban J connectivity index is 2.19. The number of aryl methyl sites for hydroxylation is 1. The number of nitrogens with one attached hydrogen (secondary N) is 2. The van der Waals surface area contributed by atoms with E-state index in [1.165, 1.54) is 17.8 Å². The van der Waals surface area contributed by atoms with Crippen molar-refractivity contribution in [1.29, 1.82) is 0 Å². The zero-order chi connectivity index (χ0) is 21.9. The van der Waals surface area contributed by atoms with Gasteiger partial charge in [-0.25, -0.2) is 0 Å². The molecule has 0 aliphatic rings. The van der Waals surface area contributed by atoms with Crippen molar-refractivity contribution < 1.29 is 22.8 Å². The minimum absolute atomic E-state index is 0.00768. The monoisotopic (exact) mass is 434 g/mol. The second-order valence-electron chi connectivity index (χ2n) is 6.80. The Morgan fingerprint density at radius 2 is 1.93 bits per heavy atom. The van der Waals surface area contributed by atoms with Gasteiger partial charge in [-0.2, -0.15) is 23.4 Å². The van der Waals surface area contributed by atoms with Gasteiger partial charge in [-0.1, -0.05) is 25.4 Å². The maximum atomic E-state index is 12.9. The highest BCUT2D eigenvalue weighted by Gasteiger charge is 2.38. The van der Waals surface area contributed by atoms with Gasteiger partial charge in [0.25, 0.3) is 5.91 Å². The molecule has 0 bridgehead atoms. The van der Waals surface area contributed by atoms with Crippen LogP contribution in [0, 0.1) is 12.8 Å². The van der Waals surface area contributed by atoms with Gasteiger partial charge in [-0.05, 0) is 19.8 Å². The van der Waals surface area contributed by atoms with Gasteiger partial charge in [-0.3, -0.25) is 19.0 Å². The smallest absolute Gasteiger partial charge is 0.350 e. The molecule has 0 saturated heterocycles. The molecule has 0 aliphatic heterocycles. The lowest BCUT2D eigenvalue weighted by Crippen LogP contribution is -2.29. The van der Waals surface area contributed by atoms with Crippen molar-refractivity contribution in [2.45, 2.75) is 47.0 Å². The van der Waals surface area contributed by atoms with E-state index < -0.39 is 35.3 Å². The lowest BCUT2D eigenvalue weighted by molar-refractivity contribution is -0.141. The summed E-state index contributed by atoms with van der Waals surface area (Å²) in [7, 11) is 0. The molecule has 0 fully saturated rings. The summed E-state index contributed by atoms with van der Waals surface area (Å²) in [5.41, 5.74) is -1.07. The van der Waals surface area contributed by atoms with Crippen LogP contribution in [0.1, 0.15) is 42.6 Å². The molecule has 2 N–H and O–H groups in total. The number of alkyl halides is 3. The largest absolute Gasteiger partial charge is 0.436 e. The highest BCUT2D eigenvalue weighted by molar-refractivity contribution is 6.32. The quantitative estimate of drug-likeness (QED) is 0.700. The van der Waals surface area contributed by atoms with E-state index in [1.807, 2.05) is 20.8 Å². The third-order valence-corrected chi connectivity index (χ3v) is 4.39. The first-order valence-electron chi connectivity index (χ1n) is 8.89. The lowest BCUT2D eigenvalue weighted by Gasteiger charge is -2.09. The van der Waals surface area contributed by atoms with E-state index in [0.717, 1.165) is 4.68 Å². The van der Waals surface area contributed by atoms with Crippen LogP contribution in [-0.2, 0) is 24.1 Å². The summed E-state index contributed by atoms with van der Waals surface area (Å²) in [4.78, 5) is 24.7. The molecular weight excluding hydrogens is 413 g/mol. The van der Waals surface area contributed by atoms with E-state index in [0.29, 0.717) is 13.1 Å². The van der Waals surface area contributed by atoms with Gasteiger partial charge in [0.15, 0.2) is 11.4 Å². The molecule has 0 aliphatic carbocycles. The summed E-state index contributed by atoms with van der Waals surface area (Å²) >= 11 is 5.69. The van der Waals surface area contributed by atoms with Crippen molar-refractivity contribution in [2.24, 2.45) is 5.92 Å². The minimum atomic E-state index is -4.73. The molecule has 2 aromatic rings. The van der Waals surface area contributed by atoms with Crippen LogP contribution in [0.3, 0.4) is 0 Å². The van der Waals surface area contributed by atoms with E-state index >= 15 is 0 Å². The van der Waals surface area contributed by atoms with E-state index in [4.69, 9.17) is 11.6 Å². The van der Waals surface area contributed by atoms with Gasteiger partial charge in [-0.15, -0.1) is 0 Å². The molecule has 2 amide bonds. The number of aromatic nitrogens is 4. The predicted octanol–water partition coefficient (Wildman–Crippen LogP) is 3.10. The van der Waals surface area contributed by atoms with Gasteiger partial charge in [0.2, 0.25) is 5.91 Å². The van der Waals surface area contributed by atoms with Crippen LogP contribution in [0.2, 0.25) is 5.02 Å². The van der Waals surface area contributed by atoms with Crippen molar-refractivity contribution >= 4 is 29.1 Å². The van der Waals surface area contributed by atoms with Crippen molar-refractivity contribution in [3.8, 4) is 0 Å². The number of nitrogens with zero attached hydrogens (tertiary/aromatic N) is 4. The Hall–Kier alpha value is -2.56. The fourth-order valence-electron chi connectivity index (χ4n) is 2.41. The molecule has 160 valence electrons. The molecule has 2 rings (SSSR count). The molecule has 2 aromatic heterocycles. The molecule has 0 aromatic carbocycles. The number of rotatable bonds is 7. The average molecular weight is 435 g/mol. The molecule has 0 radical (unpaired) electrons. The van der Waals surface area contributed by atoms with Crippen LogP contribution in [0.25, 0.3) is 0 Å². The average Bonchev–Trinajstić information content (AvgIpc) is 3.15. The van der Waals surface area contributed by atoms with Crippen LogP contribution in [-0.4, -0.2) is 37.9 Å². The van der Waals surface area contributed by atoms with Gasteiger partial charge in [0.1, 0.15) is 6.54 Å². The molecule has 29 heavy (non-hydrogen) atoms. The van der Waals surface area contributed by atoms with Crippen molar-refractivity contribution in [1.82, 2.24) is 24.9 Å². The van der Waals surface area contributed by atoms with Crippen LogP contribution < -0.4 is 10.6 Å². The Morgan fingerprint density at radius 3 is 2.45 bits per heavy atom. The van der Waals surface area contributed by atoms with Crippen LogP contribution in [0.5, 0.6) is 0 Å². The second-order valence-corrected chi connectivity index (χ2v) is 7.18. The third kappa shape index (κ3) is 5.49. The topological polar surface area (TPSA) is 93.8 Å². The fraction of sp³-hybridized carbons (Fsp3) is 0.529. The highest BCUT2D eigenvalue weighted by atomic mass is 35.5. The summed E-state index contributed by atoms with van der Waals surface area (Å²) in [6, 6.07) is 0. The van der Waals surface area contributed by atoms with Crippen LogP contribution in [0.4, 0.5) is 18.9 Å². The Kier molecular flexibility index (Phi) is 6.93. The van der Waals surface area contributed by atoms with E-state index in [9.17, 15) is 22.8 Å². The first-order chi connectivity index (χ1) is 13.4. The summed E-state index contributed by atoms with van der Waals surface area (Å²) in [5.74, 6) is -0.908. The standard InChI is InChI=1S/C17H22ClF3N6O2/c1-5-26-7-11(14(24-26)16(29)22-6-9(2)3)23-12(28)8-27-10(4)13(18)15(25-27)17(19,20)21/h7,9H,5-6,8H2,1-4H3,(H,22,29)(H,23,28). The van der Waals surface area contributed by atoms with Crippen molar-refractivity contribution in [2.75, 3.05) is 11.9 Å². The number of hydrogen-bond acceptors (Lipinski definition) is 4. The lowest BCUT2D eigenvalue weighted by atomic mass is 10.2. The van der Waals surface area contributed by atoms with Gasteiger partial charge in [0, 0.05) is 19.3 Å². The number of hydrogen-bond donors (Lipinski definition) is 2. The number of amides is 2. The second kappa shape index (κ2) is 8.85. The van der Waals surface area contributed by atoms with Gasteiger partial charge in [0.05, 0.1) is 16.4 Å². The molecule has 0 unspecified atom stereocenters. The first-order valence-corrected chi connectivity index (χ1v) is 9.27. The number of anilines is 1. The summed E-state index contributed by atoms with van der Waals surface area (Å²) in [6.45, 7) is 7.38. The van der Waals surface area contributed by atoms with Crippen molar-refractivity contribution in [3.05, 3.63) is 28.3 Å². The van der Waals surface area contributed by atoms with Crippen molar-refractivity contribution in [3.63, 3.8) is 0 Å². The van der Waals surface area contributed by atoms with Gasteiger partial charge < -0.3 is 10.6 Å². The SMILES string of the molecule is CCn1cc(NC(=O)Cn2nc(C(F)(F)F)c(Cl)c2C)c(C(=O)NCC(C)C)n1. The summed E-state index contributed by atoms with van der Waals surface area (Å²) in [6.07, 6.45) is -3.25. The van der Waals surface area contributed by atoms with Crippen LogP contribution >= 0.6 is 11.6 Å². The number of carbonyl (C=O) groups excluding carboxylic acids is 2. The summed E-state index contributed by atoms with van der Waals surface area (Å²) < 4.78 is 41.1. The first kappa shape index (κ1) is 22.7. The zero-order valence-corrected chi connectivity index (χ0v) is 17.1. The molecule has 0 saturated carbocycles. The number of halogens is 4. The minimum Gasteiger partial charge on any atom is -0.350 e. The molecule has 8 nitrogen and oxygen atoms in total. The van der Waals surface area contributed by atoms with E-state index in [1.54, 1.807) is 0 Å². The Bertz CT molecular complexity index is 904. The zero-order valence-electron chi connectivity index (χ0n) is 16.4. The fourth-order valence-corrected chi connectivity index (χ4v) is 2.65. The maximum absolute atomic E-state index is 12.9. The summed E-state index contributed by atoms with van der Waals surface area (Å²) in [5, 5.41) is 12.2. The predicted molar refractivity (Wildman–Crippen MR) is 101 cm³/mol. The maximum Gasteiger partial charge on any atom is 0.436 e. The highest BCUT2D eigenvalue weighted by Crippen LogP contribution is 2.35. The number of carbonyl (C=O) groups is 2. The molecule has 12 heteroatoms.